The largest absolute Gasteiger partial charge is 0.290 e. The van der Waals surface area contributed by atoms with Gasteiger partial charge in [0.05, 0.1) is 0 Å². The van der Waals surface area contributed by atoms with E-state index in [0.29, 0.717) is 0 Å². The van der Waals surface area contributed by atoms with Crippen molar-refractivity contribution in [1.29, 1.82) is 0 Å². The van der Waals surface area contributed by atoms with Gasteiger partial charge in [0, 0.05) is 12.3 Å². The summed E-state index contributed by atoms with van der Waals surface area (Å²) in [5.41, 5.74) is 1.29. The number of aromatic nitrogens is 2. The summed E-state index contributed by atoms with van der Waals surface area (Å²) in [6.07, 6.45) is 1.38. The molecule has 0 amide bonds. The van der Waals surface area contributed by atoms with E-state index in [1.165, 1.54) is 12.3 Å². The third-order valence-electron chi connectivity index (χ3n) is 0.825. The summed E-state index contributed by atoms with van der Waals surface area (Å²) in [5, 5.41) is 14.0. The van der Waals surface area contributed by atoms with Crippen LogP contribution in [0.3, 0.4) is 0 Å². The number of aromatic amines is 1. The molecule has 0 radical (unpaired) electrons. The monoisotopic (exact) mass is 127 g/mol. The van der Waals surface area contributed by atoms with E-state index in [9.17, 15) is 4.79 Å². The molecular weight excluding hydrogens is 122 g/mol. The first-order chi connectivity index (χ1) is 4.34. The normalized spacial score (nSPS) is 9.00. The smallest absolute Gasteiger partial charge is 0.226 e. The second-order valence-electron chi connectivity index (χ2n) is 1.40. The molecule has 0 aliphatic carbocycles. The van der Waals surface area contributed by atoms with Gasteiger partial charge in [0.25, 0.3) is 0 Å². The van der Waals surface area contributed by atoms with E-state index in [1.54, 1.807) is 5.48 Å². The molecule has 0 aliphatic heterocycles. The van der Waals surface area contributed by atoms with Crippen LogP contribution >= 0.6 is 0 Å². The Balaban J connectivity index is 3.16. The number of hydrogen-bond donors (Lipinski definition) is 3. The molecule has 1 rings (SSSR count). The van der Waals surface area contributed by atoms with Crippen molar-refractivity contribution >= 4 is 5.82 Å². The van der Waals surface area contributed by atoms with Gasteiger partial charge < -0.3 is 0 Å². The topological polar surface area (TPSA) is 78.0 Å². The number of hydrogen-bond acceptors (Lipinski definition) is 4. The molecule has 0 saturated carbocycles. The Kier molecular flexibility index (Phi) is 1.46. The fourth-order valence-corrected chi connectivity index (χ4v) is 0.429. The lowest BCUT2D eigenvalue weighted by Crippen LogP contribution is -2.09. The minimum Gasteiger partial charge on any atom is -0.290 e. The second-order valence-corrected chi connectivity index (χ2v) is 1.40. The van der Waals surface area contributed by atoms with Crippen molar-refractivity contribution in [1.82, 2.24) is 10.2 Å². The van der Waals surface area contributed by atoms with Gasteiger partial charge in [0.2, 0.25) is 11.2 Å². The Bertz CT molecular complexity index is 244. The maximum Gasteiger partial charge on any atom is 0.226 e. The summed E-state index contributed by atoms with van der Waals surface area (Å²) in [6, 6.07) is 1.26. The predicted octanol–water partition coefficient (Wildman–Crippen LogP) is -0.429. The van der Waals surface area contributed by atoms with Crippen molar-refractivity contribution in [2.45, 2.75) is 0 Å². The van der Waals surface area contributed by atoms with Gasteiger partial charge in [-0.3, -0.25) is 15.1 Å². The summed E-state index contributed by atoms with van der Waals surface area (Å²) < 4.78 is 0. The molecule has 0 atom stereocenters. The van der Waals surface area contributed by atoms with Gasteiger partial charge in [-0.1, -0.05) is 0 Å². The lowest BCUT2D eigenvalue weighted by molar-refractivity contribution is 0.384. The van der Waals surface area contributed by atoms with Gasteiger partial charge in [-0.2, -0.15) is 5.10 Å². The first kappa shape index (κ1) is 5.77. The van der Waals surface area contributed by atoms with Crippen LogP contribution in [0.15, 0.2) is 17.1 Å². The molecule has 9 heavy (non-hydrogen) atoms. The van der Waals surface area contributed by atoms with Crippen LogP contribution in [0.5, 0.6) is 0 Å². The molecule has 1 aromatic rings. The van der Waals surface area contributed by atoms with E-state index < -0.39 is 0 Å². The molecule has 0 aromatic carbocycles. The molecule has 0 unspecified atom stereocenters. The highest BCUT2D eigenvalue weighted by Gasteiger charge is 1.92. The van der Waals surface area contributed by atoms with Crippen LogP contribution in [0.2, 0.25) is 0 Å². The zero-order chi connectivity index (χ0) is 6.69. The summed E-state index contributed by atoms with van der Waals surface area (Å²) in [6.45, 7) is 0. The average Bonchev–Trinajstić information content (AvgIpc) is 1.89. The lowest BCUT2D eigenvalue weighted by Gasteiger charge is -1.90. The first-order valence-corrected chi connectivity index (χ1v) is 2.29. The predicted molar refractivity (Wildman–Crippen MR) is 30.3 cm³/mol. The Morgan fingerprint density at radius 2 is 2.56 bits per heavy atom. The van der Waals surface area contributed by atoms with E-state index in [1.807, 2.05) is 0 Å². The minimum atomic E-state index is -0.351. The summed E-state index contributed by atoms with van der Waals surface area (Å²) >= 11 is 0. The SMILES string of the molecule is O=c1cc[nH]nc1NO. The summed E-state index contributed by atoms with van der Waals surface area (Å²) in [7, 11) is 0. The summed E-state index contributed by atoms with van der Waals surface area (Å²) in [5.74, 6) is -0.0995. The molecule has 5 nitrogen and oxygen atoms in total. The molecule has 0 aliphatic rings. The highest BCUT2D eigenvalue weighted by molar-refractivity contribution is 5.27. The lowest BCUT2D eigenvalue weighted by atomic mass is 10.5. The maximum absolute atomic E-state index is 10.5. The minimum absolute atomic E-state index is 0.0995. The Hall–Kier alpha value is -1.36. The fourth-order valence-electron chi connectivity index (χ4n) is 0.429. The Morgan fingerprint density at radius 3 is 3.00 bits per heavy atom. The van der Waals surface area contributed by atoms with Crippen LogP contribution in [0.1, 0.15) is 0 Å². The van der Waals surface area contributed by atoms with E-state index in [0.717, 1.165) is 0 Å². The second kappa shape index (κ2) is 2.27. The van der Waals surface area contributed by atoms with E-state index >= 15 is 0 Å². The van der Waals surface area contributed by atoms with Crippen molar-refractivity contribution in [3.63, 3.8) is 0 Å². The highest BCUT2D eigenvalue weighted by Crippen LogP contribution is 1.83. The van der Waals surface area contributed by atoms with Crippen molar-refractivity contribution in [2.24, 2.45) is 0 Å². The number of H-pyrrole nitrogens is 1. The molecule has 0 saturated heterocycles. The third kappa shape index (κ3) is 1.06. The van der Waals surface area contributed by atoms with Gasteiger partial charge in [-0.05, 0) is 0 Å². The average molecular weight is 127 g/mol. The van der Waals surface area contributed by atoms with Crippen molar-refractivity contribution in [2.75, 3.05) is 5.48 Å². The van der Waals surface area contributed by atoms with Crippen LogP contribution in [0.25, 0.3) is 0 Å². The Morgan fingerprint density at radius 1 is 1.78 bits per heavy atom. The Labute approximate surface area is 50.3 Å². The zero-order valence-corrected chi connectivity index (χ0v) is 4.46. The van der Waals surface area contributed by atoms with Gasteiger partial charge in [-0.15, -0.1) is 0 Å². The maximum atomic E-state index is 10.5. The van der Waals surface area contributed by atoms with Crippen LogP contribution in [-0.4, -0.2) is 15.4 Å². The molecular formula is C4H5N3O2. The first-order valence-electron chi connectivity index (χ1n) is 2.29. The summed E-state index contributed by atoms with van der Waals surface area (Å²) in [4.78, 5) is 10.5. The van der Waals surface area contributed by atoms with Crippen LogP contribution in [0.4, 0.5) is 5.82 Å². The van der Waals surface area contributed by atoms with Gasteiger partial charge in [0.1, 0.15) is 0 Å². The molecule has 1 aromatic heterocycles. The molecule has 1 heterocycles. The third-order valence-corrected chi connectivity index (χ3v) is 0.825. The number of rotatable bonds is 1. The van der Waals surface area contributed by atoms with Crippen molar-refractivity contribution < 1.29 is 5.21 Å². The molecule has 0 bridgehead atoms. The zero-order valence-electron chi connectivity index (χ0n) is 4.46. The molecule has 3 N–H and O–H groups in total. The highest BCUT2D eigenvalue weighted by atomic mass is 16.5. The van der Waals surface area contributed by atoms with E-state index in [4.69, 9.17) is 5.21 Å². The van der Waals surface area contributed by atoms with Gasteiger partial charge in [0.15, 0.2) is 0 Å². The van der Waals surface area contributed by atoms with Crippen LogP contribution in [-0.2, 0) is 0 Å². The standard InChI is InChI=1S/C4H5N3O2/c8-3-1-2-5-6-4(3)7-9/h1-2,9H,(H,5,8)(H,6,7). The number of anilines is 1. The van der Waals surface area contributed by atoms with Crippen LogP contribution in [0, 0.1) is 0 Å². The fraction of sp³-hybridized carbons (Fsp3) is 0. The van der Waals surface area contributed by atoms with Gasteiger partial charge >= 0.3 is 0 Å². The molecule has 0 spiro atoms. The van der Waals surface area contributed by atoms with Crippen molar-refractivity contribution in [3.05, 3.63) is 22.5 Å². The molecule has 48 valence electrons. The van der Waals surface area contributed by atoms with E-state index in [-0.39, 0.29) is 11.2 Å². The van der Waals surface area contributed by atoms with Crippen LogP contribution < -0.4 is 10.9 Å². The van der Waals surface area contributed by atoms with Gasteiger partial charge in [-0.25, -0.2) is 5.48 Å². The molecule has 5 heteroatoms. The van der Waals surface area contributed by atoms with E-state index in [2.05, 4.69) is 10.2 Å². The number of nitrogens with zero attached hydrogens (tertiary/aromatic N) is 1. The quantitative estimate of drug-likeness (QED) is 0.447. The number of nitrogens with one attached hydrogen (secondary N) is 2. The van der Waals surface area contributed by atoms with Crippen molar-refractivity contribution in [3.8, 4) is 0 Å². The molecule has 0 fully saturated rings.